The number of fused-ring (bicyclic) bond motifs is 1. The average molecular weight is 203 g/mol. The molecular formula is C12H10FNO. The van der Waals surface area contributed by atoms with Crippen molar-refractivity contribution in [3.63, 3.8) is 0 Å². The highest BCUT2D eigenvalue weighted by atomic mass is 19.1. The van der Waals surface area contributed by atoms with Crippen molar-refractivity contribution in [3.8, 4) is 0 Å². The van der Waals surface area contributed by atoms with Crippen LogP contribution in [0.3, 0.4) is 0 Å². The number of nitrogens with one attached hydrogen (secondary N) is 1. The summed E-state index contributed by atoms with van der Waals surface area (Å²) in [6.45, 7) is 0. The molecule has 2 nitrogen and oxygen atoms in total. The quantitative estimate of drug-likeness (QED) is 0.759. The lowest BCUT2D eigenvalue weighted by Gasteiger charge is -2.02. The van der Waals surface area contributed by atoms with Crippen molar-refractivity contribution in [1.82, 2.24) is 4.98 Å². The highest BCUT2D eigenvalue weighted by Gasteiger charge is 2.24. The van der Waals surface area contributed by atoms with E-state index in [1.54, 1.807) is 6.07 Å². The Kier molecular flexibility index (Phi) is 1.69. The molecule has 1 fully saturated rings. The van der Waals surface area contributed by atoms with Crippen molar-refractivity contribution in [3.05, 3.63) is 46.0 Å². The Morgan fingerprint density at radius 3 is 2.80 bits per heavy atom. The van der Waals surface area contributed by atoms with E-state index in [1.165, 1.54) is 18.2 Å². The van der Waals surface area contributed by atoms with Crippen LogP contribution in [0.4, 0.5) is 4.39 Å². The van der Waals surface area contributed by atoms with Crippen LogP contribution in [-0.2, 0) is 0 Å². The van der Waals surface area contributed by atoms with Gasteiger partial charge in [0.1, 0.15) is 5.82 Å². The fourth-order valence-electron chi connectivity index (χ4n) is 1.86. The molecule has 3 heteroatoms. The first kappa shape index (κ1) is 8.65. The van der Waals surface area contributed by atoms with Crippen molar-refractivity contribution in [2.24, 2.45) is 0 Å². The van der Waals surface area contributed by atoms with Crippen LogP contribution in [-0.4, -0.2) is 4.98 Å². The summed E-state index contributed by atoms with van der Waals surface area (Å²) in [6, 6.07) is 5.86. The van der Waals surface area contributed by atoms with E-state index in [2.05, 4.69) is 4.98 Å². The highest BCUT2D eigenvalue weighted by molar-refractivity contribution is 5.78. The summed E-state index contributed by atoms with van der Waals surface area (Å²) in [5.41, 5.74) is 1.52. The summed E-state index contributed by atoms with van der Waals surface area (Å²) in [5.74, 6) is 0.163. The molecule has 0 bridgehead atoms. The standard InChI is InChI=1S/C12H10FNO/c13-8-3-4-9-11(5-8)14-10(6-12(9)15)7-1-2-7/h3-7H,1-2H2,(H,14,15). The van der Waals surface area contributed by atoms with Gasteiger partial charge in [0.05, 0.1) is 5.52 Å². The molecule has 2 aromatic rings. The molecule has 0 amide bonds. The lowest BCUT2D eigenvalue weighted by molar-refractivity contribution is 0.629. The van der Waals surface area contributed by atoms with Gasteiger partial charge in [0.15, 0.2) is 5.43 Å². The Morgan fingerprint density at radius 2 is 2.07 bits per heavy atom. The Labute approximate surface area is 85.7 Å². The van der Waals surface area contributed by atoms with E-state index in [-0.39, 0.29) is 11.2 Å². The van der Waals surface area contributed by atoms with Crippen molar-refractivity contribution in [2.75, 3.05) is 0 Å². The van der Waals surface area contributed by atoms with Crippen LogP contribution in [0.1, 0.15) is 24.5 Å². The van der Waals surface area contributed by atoms with E-state index in [9.17, 15) is 9.18 Å². The van der Waals surface area contributed by atoms with Crippen LogP contribution >= 0.6 is 0 Å². The van der Waals surface area contributed by atoms with E-state index in [0.29, 0.717) is 16.8 Å². The zero-order chi connectivity index (χ0) is 10.4. The van der Waals surface area contributed by atoms with Gasteiger partial charge in [0.25, 0.3) is 0 Å². The lowest BCUT2D eigenvalue weighted by atomic mass is 10.1. The first-order valence-electron chi connectivity index (χ1n) is 5.06. The lowest BCUT2D eigenvalue weighted by Crippen LogP contribution is -2.04. The topological polar surface area (TPSA) is 32.9 Å². The van der Waals surface area contributed by atoms with Crippen LogP contribution in [0.25, 0.3) is 10.9 Å². The van der Waals surface area contributed by atoms with Gasteiger partial charge < -0.3 is 4.98 Å². The average Bonchev–Trinajstić information content (AvgIpc) is 2.99. The van der Waals surface area contributed by atoms with Crippen LogP contribution < -0.4 is 5.43 Å². The molecule has 1 aliphatic rings. The summed E-state index contributed by atoms with van der Waals surface area (Å²) >= 11 is 0. The van der Waals surface area contributed by atoms with Gasteiger partial charge in [0, 0.05) is 17.1 Å². The van der Waals surface area contributed by atoms with Crippen molar-refractivity contribution < 1.29 is 4.39 Å². The Hall–Kier alpha value is -1.64. The third-order valence-corrected chi connectivity index (χ3v) is 2.83. The minimum atomic E-state index is -0.314. The molecule has 1 aromatic heterocycles. The second kappa shape index (κ2) is 2.92. The van der Waals surface area contributed by atoms with Gasteiger partial charge in [0.2, 0.25) is 0 Å². The van der Waals surface area contributed by atoms with Gasteiger partial charge in [-0.2, -0.15) is 0 Å². The van der Waals surface area contributed by atoms with Crippen LogP contribution in [0.5, 0.6) is 0 Å². The molecule has 1 N–H and O–H groups in total. The first-order valence-corrected chi connectivity index (χ1v) is 5.06. The smallest absolute Gasteiger partial charge is 0.189 e. The van der Waals surface area contributed by atoms with Gasteiger partial charge in [-0.1, -0.05) is 0 Å². The van der Waals surface area contributed by atoms with Crippen LogP contribution in [0, 0.1) is 5.82 Å². The number of hydrogen-bond acceptors (Lipinski definition) is 1. The number of pyridine rings is 1. The van der Waals surface area contributed by atoms with Gasteiger partial charge in [-0.05, 0) is 37.0 Å². The first-order chi connectivity index (χ1) is 7.24. The predicted molar refractivity (Wildman–Crippen MR) is 56.5 cm³/mol. The second-order valence-electron chi connectivity index (χ2n) is 4.05. The van der Waals surface area contributed by atoms with E-state index in [1.807, 2.05) is 0 Å². The second-order valence-corrected chi connectivity index (χ2v) is 4.05. The van der Waals surface area contributed by atoms with Gasteiger partial charge in [-0.15, -0.1) is 0 Å². The molecule has 1 saturated carbocycles. The zero-order valence-corrected chi connectivity index (χ0v) is 8.09. The number of aromatic amines is 1. The Bertz CT molecular complexity index is 584. The van der Waals surface area contributed by atoms with Gasteiger partial charge in [-0.25, -0.2) is 4.39 Å². The van der Waals surface area contributed by atoms with Crippen LogP contribution in [0.15, 0.2) is 29.1 Å². The van der Waals surface area contributed by atoms with Gasteiger partial charge >= 0.3 is 0 Å². The Morgan fingerprint density at radius 1 is 1.27 bits per heavy atom. The number of hydrogen-bond donors (Lipinski definition) is 1. The molecule has 0 unspecified atom stereocenters. The maximum atomic E-state index is 13.0. The fourth-order valence-corrected chi connectivity index (χ4v) is 1.86. The predicted octanol–water partition coefficient (Wildman–Crippen LogP) is 2.54. The summed E-state index contributed by atoms with van der Waals surface area (Å²) in [6.07, 6.45) is 2.24. The molecular weight excluding hydrogens is 193 g/mol. The molecule has 15 heavy (non-hydrogen) atoms. The monoisotopic (exact) mass is 203 g/mol. The molecule has 1 heterocycles. The van der Waals surface area contributed by atoms with E-state index >= 15 is 0 Å². The molecule has 1 aromatic carbocycles. The van der Waals surface area contributed by atoms with E-state index in [4.69, 9.17) is 0 Å². The maximum Gasteiger partial charge on any atom is 0.189 e. The third-order valence-electron chi connectivity index (χ3n) is 2.83. The minimum Gasteiger partial charge on any atom is -0.358 e. The maximum absolute atomic E-state index is 13.0. The van der Waals surface area contributed by atoms with Crippen molar-refractivity contribution >= 4 is 10.9 Å². The zero-order valence-electron chi connectivity index (χ0n) is 8.09. The SMILES string of the molecule is O=c1cc(C2CC2)[nH]c2cc(F)ccc12. The number of halogens is 1. The largest absolute Gasteiger partial charge is 0.358 e. The third kappa shape index (κ3) is 1.44. The van der Waals surface area contributed by atoms with Gasteiger partial charge in [-0.3, -0.25) is 4.79 Å². The van der Waals surface area contributed by atoms with E-state index < -0.39 is 0 Å². The van der Waals surface area contributed by atoms with Crippen molar-refractivity contribution in [2.45, 2.75) is 18.8 Å². The number of rotatable bonds is 1. The molecule has 0 spiro atoms. The summed E-state index contributed by atoms with van der Waals surface area (Å²) in [4.78, 5) is 14.8. The highest BCUT2D eigenvalue weighted by Crippen LogP contribution is 2.38. The summed E-state index contributed by atoms with van der Waals surface area (Å²) in [7, 11) is 0. The Balaban J connectivity index is 2.32. The van der Waals surface area contributed by atoms with Crippen LogP contribution in [0.2, 0.25) is 0 Å². The molecule has 0 atom stereocenters. The normalized spacial score (nSPS) is 15.8. The number of aromatic nitrogens is 1. The molecule has 76 valence electrons. The van der Waals surface area contributed by atoms with Crippen molar-refractivity contribution in [1.29, 1.82) is 0 Å². The fraction of sp³-hybridized carbons (Fsp3) is 0.250. The molecule has 0 aliphatic heterocycles. The molecule has 1 aliphatic carbocycles. The number of benzene rings is 1. The molecule has 0 saturated heterocycles. The summed E-state index contributed by atoms with van der Waals surface area (Å²) < 4.78 is 13.0. The molecule has 3 rings (SSSR count). The van der Waals surface area contributed by atoms with E-state index in [0.717, 1.165) is 18.5 Å². The summed E-state index contributed by atoms with van der Waals surface area (Å²) in [5, 5.41) is 0.556. The molecule has 0 radical (unpaired) electrons. The number of H-pyrrole nitrogens is 1. The minimum absolute atomic E-state index is 0.0225.